The first kappa shape index (κ1) is 13.4. The lowest BCUT2D eigenvalue weighted by atomic mass is 10.1. The van der Waals surface area contributed by atoms with Crippen molar-refractivity contribution in [3.05, 3.63) is 12.2 Å². The Morgan fingerprint density at radius 3 is 2.36 bits per heavy atom. The van der Waals surface area contributed by atoms with E-state index in [0.29, 0.717) is 12.2 Å². The summed E-state index contributed by atoms with van der Waals surface area (Å²) in [7, 11) is 0. The van der Waals surface area contributed by atoms with Crippen molar-refractivity contribution in [1.29, 1.82) is 0 Å². The Balaban J connectivity index is 3.15. The third-order valence-electron chi connectivity index (χ3n) is 2.39. The summed E-state index contributed by atoms with van der Waals surface area (Å²) in [6.45, 7) is 4.18. The van der Waals surface area contributed by atoms with Gasteiger partial charge in [0.2, 0.25) is 0 Å². The number of ketones is 1. The minimum absolute atomic E-state index is 0.388. The molecule has 0 atom stereocenters. The van der Waals surface area contributed by atoms with Crippen LogP contribution in [0.1, 0.15) is 65.2 Å². The zero-order valence-corrected chi connectivity index (χ0v) is 9.72. The first-order valence-corrected chi connectivity index (χ1v) is 5.94. The van der Waals surface area contributed by atoms with E-state index in [9.17, 15) is 4.79 Å². The highest BCUT2D eigenvalue weighted by Crippen LogP contribution is 2.07. The van der Waals surface area contributed by atoms with Gasteiger partial charge in [0.1, 0.15) is 5.78 Å². The number of hydrogen-bond acceptors (Lipinski definition) is 1. The summed E-state index contributed by atoms with van der Waals surface area (Å²) in [5.74, 6) is 0.388. The molecule has 0 saturated carbocycles. The third kappa shape index (κ3) is 9.50. The summed E-state index contributed by atoms with van der Waals surface area (Å²) in [5.41, 5.74) is 0. The molecule has 82 valence electrons. The average molecular weight is 196 g/mol. The smallest absolute Gasteiger partial charge is 0.136 e. The van der Waals surface area contributed by atoms with Crippen molar-refractivity contribution in [2.24, 2.45) is 0 Å². The van der Waals surface area contributed by atoms with E-state index in [4.69, 9.17) is 0 Å². The number of hydrogen-bond donors (Lipinski definition) is 0. The molecule has 1 nitrogen and oxygen atoms in total. The quantitative estimate of drug-likeness (QED) is 0.397. The van der Waals surface area contributed by atoms with Crippen LogP contribution in [0, 0.1) is 0 Å². The molecule has 0 aliphatic rings. The van der Waals surface area contributed by atoms with Gasteiger partial charge in [0, 0.05) is 12.8 Å². The van der Waals surface area contributed by atoms with E-state index in [1.54, 1.807) is 0 Å². The van der Waals surface area contributed by atoms with Crippen LogP contribution in [0.5, 0.6) is 0 Å². The normalized spacial score (nSPS) is 11.0. The molecule has 0 aliphatic carbocycles. The van der Waals surface area contributed by atoms with Crippen LogP contribution in [-0.4, -0.2) is 5.78 Å². The highest BCUT2D eigenvalue weighted by Gasteiger charge is 1.98. The van der Waals surface area contributed by atoms with E-state index in [-0.39, 0.29) is 0 Å². The summed E-state index contributed by atoms with van der Waals surface area (Å²) in [5, 5.41) is 0. The van der Waals surface area contributed by atoms with E-state index in [0.717, 1.165) is 12.8 Å². The van der Waals surface area contributed by atoms with E-state index < -0.39 is 0 Å². The number of carbonyl (C=O) groups excluding carboxylic acids is 1. The van der Waals surface area contributed by atoms with Gasteiger partial charge in [-0.3, -0.25) is 4.79 Å². The van der Waals surface area contributed by atoms with Gasteiger partial charge in [-0.05, 0) is 13.3 Å². The van der Waals surface area contributed by atoms with Gasteiger partial charge in [-0.2, -0.15) is 0 Å². The van der Waals surface area contributed by atoms with Crippen LogP contribution in [0.15, 0.2) is 12.2 Å². The lowest BCUT2D eigenvalue weighted by molar-refractivity contribution is -0.118. The van der Waals surface area contributed by atoms with Crippen molar-refractivity contribution >= 4 is 5.78 Å². The second-order valence-corrected chi connectivity index (χ2v) is 3.83. The van der Waals surface area contributed by atoms with Gasteiger partial charge in [-0.25, -0.2) is 0 Å². The number of unbranched alkanes of at least 4 members (excludes halogenated alkanes) is 5. The molecule has 0 rings (SSSR count). The second kappa shape index (κ2) is 10.5. The van der Waals surface area contributed by atoms with Gasteiger partial charge in [0.15, 0.2) is 0 Å². The molecule has 1 heteroatoms. The third-order valence-corrected chi connectivity index (χ3v) is 2.39. The Kier molecular flexibility index (Phi) is 10.0. The molecule has 0 saturated heterocycles. The van der Waals surface area contributed by atoms with Gasteiger partial charge in [0.25, 0.3) is 0 Å². The molecular weight excluding hydrogens is 172 g/mol. The lowest BCUT2D eigenvalue weighted by Crippen LogP contribution is -1.95. The monoisotopic (exact) mass is 196 g/mol. The minimum Gasteiger partial charge on any atom is -0.299 e. The Bertz CT molecular complexity index is 159. The molecular formula is C13H24O. The molecule has 0 amide bonds. The molecule has 14 heavy (non-hydrogen) atoms. The Morgan fingerprint density at radius 2 is 1.71 bits per heavy atom. The summed E-state index contributed by atoms with van der Waals surface area (Å²) in [6, 6.07) is 0. The van der Waals surface area contributed by atoms with Crippen LogP contribution < -0.4 is 0 Å². The maximum absolute atomic E-state index is 11.2. The van der Waals surface area contributed by atoms with Crippen molar-refractivity contribution in [2.45, 2.75) is 65.2 Å². The molecule has 0 bridgehead atoms. The van der Waals surface area contributed by atoms with Crippen molar-refractivity contribution < 1.29 is 4.79 Å². The lowest BCUT2D eigenvalue weighted by Gasteiger charge is -1.99. The number of rotatable bonds is 9. The zero-order valence-electron chi connectivity index (χ0n) is 9.72. The summed E-state index contributed by atoms with van der Waals surface area (Å²) >= 11 is 0. The molecule has 0 aromatic carbocycles. The summed E-state index contributed by atoms with van der Waals surface area (Å²) < 4.78 is 0. The highest BCUT2D eigenvalue weighted by molar-refractivity contribution is 5.79. The van der Waals surface area contributed by atoms with Crippen LogP contribution >= 0.6 is 0 Å². The molecule has 0 fully saturated rings. The molecule has 0 unspecified atom stereocenters. The van der Waals surface area contributed by atoms with Crippen LogP contribution in [0.4, 0.5) is 0 Å². The van der Waals surface area contributed by atoms with E-state index in [1.807, 2.05) is 19.1 Å². The number of Topliss-reactive ketones (excluding diaryl/α,β-unsaturated/α-hetero) is 1. The molecule has 0 aliphatic heterocycles. The van der Waals surface area contributed by atoms with E-state index in [2.05, 4.69) is 6.92 Å². The Morgan fingerprint density at radius 1 is 1.07 bits per heavy atom. The minimum atomic E-state index is 0.388. The van der Waals surface area contributed by atoms with Crippen LogP contribution in [0.25, 0.3) is 0 Å². The van der Waals surface area contributed by atoms with Crippen molar-refractivity contribution in [2.75, 3.05) is 0 Å². The molecule has 0 spiro atoms. The van der Waals surface area contributed by atoms with Crippen LogP contribution in [0.2, 0.25) is 0 Å². The fourth-order valence-corrected chi connectivity index (χ4v) is 1.45. The van der Waals surface area contributed by atoms with Gasteiger partial charge >= 0.3 is 0 Å². The summed E-state index contributed by atoms with van der Waals surface area (Å²) in [6.07, 6.45) is 12.9. The topological polar surface area (TPSA) is 17.1 Å². The fraction of sp³-hybridized carbons (Fsp3) is 0.769. The standard InChI is InChI=1S/C13H24O/c1-3-5-7-8-9-10-12-13(14)11-6-4-2/h4,6H,3,5,7-12H2,1-2H3/b6-4+. The predicted octanol–water partition coefficient (Wildman–Crippen LogP) is 4.27. The predicted molar refractivity (Wildman–Crippen MR) is 62.4 cm³/mol. The van der Waals surface area contributed by atoms with Crippen molar-refractivity contribution in [1.82, 2.24) is 0 Å². The summed E-state index contributed by atoms with van der Waals surface area (Å²) in [4.78, 5) is 11.2. The number of allylic oxidation sites excluding steroid dienone is 2. The Labute approximate surface area is 88.6 Å². The van der Waals surface area contributed by atoms with Gasteiger partial charge in [-0.1, -0.05) is 51.2 Å². The van der Waals surface area contributed by atoms with E-state index in [1.165, 1.54) is 32.1 Å². The maximum atomic E-state index is 11.2. The largest absolute Gasteiger partial charge is 0.299 e. The molecule has 0 aromatic rings. The van der Waals surface area contributed by atoms with Gasteiger partial charge < -0.3 is 0 Å². The average Bonchev–Trinajstić information content (AvgIpc) is 2.20. The van der Waals surface area contributed by atoms with E-state index >= 15 is 0 Å². The molecule has 0 N–H and O–H groups in total. The molecule has 0 radical (unpaired) electrons. The second-order valence-electron chi connectivity index (χ2n) is 3.83. The van der Waals surface area contributed by atoms with Gasteiger partial charge in [0.05, 0.1) is 0 Å². The SMILES string of the molecule is C/C=C/CC(=O)CCCCCCCC. The van der Waals surface area contributed by atoms with Crippen LogP contribution in [0.3, 0.4) is 0 Å². The first-order valence-electron chi connectivity index (χ1n) is 5.94. The fourth-order valence-electron chi connectivity index (χ4n) is 1.45. The van der Waals surface area contributed by atoms with Crippen LogP contribution in [-0.2, 0) is 4.79 Å². The van der Waals surface area contributed by atoms with Crippen molar-refractivity contribution in [3.63, 3.8) is 0 Å². The highest BCUT2D eigenvalue weighted by atomic mass is 16.1. The first-order chi connectivity index (χ1) is 6.81. The molecule has 0 heterocycles. The van der Waals surface area contributed by atoms with Gasteiger partial charge in [-0.15, -0.1) is 0 Å². The van der Waals surface area contributed by atoms with Crippen molar-refractivity contribution in [3.8, 4) is 0 Å². The molecule has 0 aromatic heterocycles. The number of carbonyl (C=O) groups is 1. The maximum Gasteiger partial charge on any atom is 0.136 e. The zero-order chi connectivity index (χ0) is 10.6. The Hall–Kier alpha value is -0.590.